The number of carbonyl (C=O) groups excluding carboxylic acids is 1. The summed E-state index contributed by atoms with van der Waals surface area (Å²) in [6.07, 6.45) is 7.07. The average Bonchev–Trinajstić information content (AvgIpc) is 2.99. The van der Waals surface area contributed by atoms with E-state index in [9.17, 15) is 17.6 Å². The lowest BCUT2D eigenvalue weighted by Crippen LogP contribution is -2.61. The van der Waals surface area contributed by atoms with Gasteiger partial charge in [-0.05, 0) is 31.4 Å². The molecule has 2 aliphatic rings. The van der Waals surface area contributed by atoms with E-state index in [0.29, 0.717) is 39.1 Å². The van der Waals surface area contributed by atoms with Gasteiger partial charge < -0.3 is 5.32 Å². The number of hydrogen-bond acceptors (Lipinski definition) is 4. The van der Waals surface area contributed by atoms with Gasteiger partial charge in [-0.15, -0.1) is 0 Å². The Hall–Kier alpha value is -1.51. The van der Waals surface area contributed by atoms with Crippen LogP contribution in [0.3, 0.4) is 0 Å². The van der Waals surface area contributed by atoms with Gasteiger partial charge in [-0.3, -0.25) is 9.69 Å². The predicted molar refractivity (Wildman–Crippen MR) is 116 cm³/mol. The molecule has 0 aromatic heterocycles. The molecule has 1 aliphatic heterocycles. The molecule has 8 heteroatoms. The Morgan fingerprint density at radius 1 is 1.07 bits per heavy atom. The fourth-order valence-corrected chi connectivity index (χ4v) is 6.30. The summed E-state index contributed by atoms with van der Waals surface area (Å²) in [7, 11) is -3.19. The third-order valence-corrected chi connectivity index (χ3v) is 8.57. The molecule has 6 nitrogen and oxygen atoms in total. The molecule has 0 radical (unpaired) electrons. The van der Waals surface area contributed by atoms with Gasteiger partial charge in [0.1, 0.15) is 5.82 Å². The predicted octanol–water partition coefficient (Wildman–Crippen LogP) is 3.01. The molecule has 0 atom stereocenters. The first kappa shape index (κ1) is 23.2. The van der Waals surface area contributed by atoms with Crippen LogP contribution in [0.5, 0.6) is 0 Å². The van der Waals surface area contributed by atoms with Crippen LogP contribution in [0.1, 0.15) is 62.2 Å². The maximum absolute atomic E-state index is 14.0. The molecule has 0 unspecified atom stereocenters. The van der Waals surface area contributed by atoms with Crippen LogP contribution in [0.2, 0.25) is 0 Å². The van der Waals surface area contributed by atoms with Crippen LogP contribution in [-0.2, 0) is 10.0 Å². The fourth-order valence-electron chi connectivity index (χ4n) is 4.80. The maximum atomic E-state index is 14.0. The van der Waals surface area contributed by atoms with Crippen molar-refractivity contribution in [3.63, 3.8) is 0 Å². The Morgan fingerprint density at radius 3 is 2.30 bits per heavy atom. The lowest BCUT2D eigenvalue weighted by Gasteiger charge is -2.47. The van der Waals surface area contributed by atoms with E-state index >= 15 is 0 Å². The summed E-state index contributed by atoms with van der Waals surface area (Å²) in [5, 5.41) is 2.98. The molecule has 1 heterocycles. The number of rotatable bonds is 7. The number of sulfonamides is 1. The SMILES string of the molecule is CCCS(=O)(=O)N1CCN(C2(CNC(=O)c3ccccc3F)CCCCCC2)CC1. The monoisotopic (exact) mass is 439 g/mol. The summed E-state index contributed by atoms with van der Waals surface area (Å²) in [4.78, 5) is 15.0. The van der Waals surface area contributed by atoms with Gasteiger partial charge in [0, 0.05) is 38.3 Å². The third-order valence-electron chi connectivity index (χ3n) is 6.50. The van der Waals surface area contributed by atoms with E-state index in [-0.39, 0.29) is 22.8 Å². The van der Waals surface area contributed by atoms with E-state index in [4.69, 9.17) is 0 Å². The highest BCUT2D eigenvalue weighted by Crippen LogP contribution is 2.33. The van der Waals surface area contributed by atoms with Gasteiger partial charge in [-0.1, -0.05) is 44.7 Å². The van der Waals surface area contributed by atoms with Crippen molar-refractivity contribution in [1.29, 1.82) is 0 Å². The number of nitrogens with zero attached hydrogens (tertiary/aromatic N) is 2. The van der Waals surface area contributed by atoms with E-state index < -0.39 is 15.8 Å². The van der Waals surface area contributed by atoms with Gasteiger partial charge in [0.25, 0.3) is 5.91 Å². The number of halogens is 1. The molecule has 0 bridgehead atoms. The zero-order valence-electron chi connectivity index (χ0n) is 17.9. The van der Waals surface area contributed by atoms with Gasteiger partial charge in [-0.2, -0.15) is 4.31 Å². The van der Waals surface area contributed by atoms with E-state index in [0.717, 1.165) is 25.7 Å². The number of amides is 1. The van der Waals surface area contributed by atoms with Crippen LogP contribution in [0.15, 0.2) is 24.3 Å². The van der Waals surface area contributed by atoms with Crippen LogP contribution in [0, 0.1) is 5.82 Å². The smallest absolute Gasteiger partial charge is 0.254 e. The fraction of sp³-hybridized carbons (Fsp3) is 0.682. The topological polar surface area (TPSA) is 69.7 Å². The number of hydrogen-bond donors (Lipinski definition) is 1. The molecule has 30 heavy (non-hydrogen) atoms. The minimum atomic E-state index is -3.19. The molecule has 168 valence electrons. The Kier molecular flexibility index (Phi) is 7.87. The second-order valence-electron chi connectivity index (χ2n) is 8.50. The Bertz CT molecular complexity index is 815. The molecule has 1 saturated heterocycles. The zero-order valence-corrected chi connectivity index (χ0v) is 18.7. The second kappa shape index (κ2) is 10.2. The van der Waals surface area contributed by atoms with Gasteiger partial charge >= 0.3 is 0 Å². The minimum Gasteiger partial charge on any atom is -0.350 e. The third kappa shape index (κ3) is 5.39. The van der Waals surface area contributed by atoms with Crippen molar-refractivity contribution >= 4 is 15.9 Å². The maximum Gasteiger partial charge on any atom is 0.254 e. The Balaban J connectivity index is 1.70. The molecular weight excluding hydrogens is 405 g/mol. The molecule has 1 aromatic rings. The van der Waals surface area contributed by atoms with Crippen molar-refractivity contribution in [2.75, 3.05) is 38.5 Å². The highest BCUT2D eigenvalue weighted by Gasteiger charge is 2.40. The number of benzene rings is 1. The van der Waals surface area contributed by atoms with E-state index in [1.165, 1.54) is 25.0 Å². The van der Waals surface area contributed by atoms with Crippen LogP contribution in [0.25, 0.3) is 0 Å². The van der Waals surface area contributed by atoms with E-state index in [1.807, 2.05) is 6.92 Å². The highest BCUT2D eigenvalue weighted by molar-refractivity contribution is 7.89. The van der Waals surface area contributed by atoms with Crippen molar-refractivity contribution in [1.82, 2.24) is 14.5 Å². The number of piperazine rings is 1. The summed E-state index contributed by atoms with van der Waals surface area (Å²) >= 11 is 0. The summed E-state index contributed by atoms with van der Waals surface area (Å²) < 4.78 is 40.5. The molecule has 1 aromatic carbocycles. The van der Waals surface area contributed by atoms with Crippen LogP contribution in [0.4, 0.5) is 4.39 Å². The summed E-state index contributed by atoms with van der Waals surface area (Å²) in [5.74, 6) is -0.711. The van der Waals surface area contributed by atoms with Crippen molar-refractivity contribution in [3.05, 3.63) is 35.6 Å². The molecule has 0 spiro atoms. The zero-order chi connectivity index (χ0) is 21.6. The molecule has 1 saturated carbocycles. The molecule has 1 amide bonds. The Morgan fingerprint density at radius 2 is 1.70 bits per heavy atom. The Labute approximate surface area is 179 Å². The van der Waals surface area contributed by atoms with Crippen molar-refractivity contribution in [3.8, 4) is 0 Å². The normalized spacial score (nSPS) is 21.1. The highest BCUT2D eigenvalue weighted by atomic mass is 32.2. The first-order valence-corrected chi connectivity index (χ1v) is 12.7. The molecular formula is C22H34FN3O3S. The van der Waals surface area contributed by atoms with Crippen LogP contribution >= 0.6 is 0 Å². The molecule has 2 fully saturated rings. The van der Waals surface area contributed by atoms with Gasteiger partial charge in [0.05, 0.1) is 11.3 Å². The standard InChI is InChI=1S/C22H34FN3O3S/c1-2-17-30(28,29)26-15-13-25(14-16-26)22(11-7-3-4-8-12-22)18-24-21(27)19-9-5-6-10-20(19)23/h5-6,9-10H,2-4,7-8,11-18H2,1H3,(H,24,27). The van der Waals surface area contributed by atoms with E-state index in [1.54, 1.807) is 16.4 Å². The number of carbonyl (C=O) groups is 1. The summed E-state index contributed by atoms with van der Waals surface area (Å²) in [6, 6.07) is 6.04. The lowest BCUT2D eigenvalue weighted by atomic mass is 9.87. The summed E-state index contributed by atoms with van der Waals surface area (Å²) in [6.45, 7) is 4.65. The number of nitrogens with one attached hydrogen (secondary N) is 1. The molecule has 1 aliphatic carbocycles. The van der Waals surface area contributed by atoms with Gasteiger partial charge in [0.2, 0.25) is 10.0 Å². The average molecular weight is 440 g/mol. The molecule has 1 N–H and O–H groups in total. The van der Waals surface area contributed by atoms with E-state index in [2.05, 4.69) is 10.2 Å². The second-order valence-corrected chi connectivity index (χ2v) is 10.6. The first-order chi connectivity index (χ1) is 14.4. The van der Waals surface area contributed by atoms with Gasteiger partial charge in [-0.25, -0.2) is 12.8 Å². The van der Waals surface area contributed by atoms with Crippen LogP contribution < -0.4 is 5.32 Å². The van der Waals surface area contributed by atoms with Crippen LogP contribution in [-0.4, -0.2) is 67.5 Å². The lowest BCUT2D eigenvalue weighted by molar-refractivity contribution is 0.0391. The van der Waals surface area contributed by atoms with Gasteiger partial charge in [0.15, 0.2) is 0 Å². The minimum absolute atomic E-state index is 0.0664. The van der Waals surface area contributed by atoms with Crippen molar-refractivity contribution in [2.45, 2.75) is 57.4 Å². The quantitative estimate of drug-likeness (QED) is 0.663. The molecule has 3 rings (SSSR count). The largest absolute Gasteiger partial charge is 0.350 e. The summed E-state index contributed by atoms with van der Waals surface area (Å²) in [5.41, 5.74) is -0.130. The van der Waals surface area contributed by atoms with Crippen molar-refractivity contribution < 1.29 is 17.6 Å². The first-order valence-electron chi connectivity index (χ1n) is 11.1. The van der Waals surface area contributed by atoms with Crippen molar-refractivity contribution in [2.24, 2.45) is 0 Å².